The van der Waals surface area contributed by atoms with E-state index in [1.54, 1.807) is 9.42 Å². The highest BCUT2D eigenvalue weighted by Crippen LogP contribution is 2.17. The molecule has 2 aromatic heterocycles. The Bertz CT molecular complexity index is 890. The zero-order valence-electron chi connectivity index (χ0n) is 16.8. The van der Waals surface area contributed by atoms with E-state index < -0.39 is 5.97 Å². The third-order valence-corrected chi connectivity index (χ3v) is 5.20. The molecule has 152 valence electrons. The second-order valence-electron chi connectivity index (χ2n) is 6.96. The van der Waals surface area contributed by atoms with Gasteiger partial charge in [-0.1, -0.05) is 11.8 Å². The first-order chi connectivity index (χ1) is 13.3. The summed E-state index contributed by atoms with van der Waals surface area (Å²) in [5.74, 6) is -0.180. The van der Waals surface area contributed by atoms with Crippen LogP contribution in [0.3, 0.4) is 0 Å². The van der Waals surface area contributed by atoms with Crippen LogP contribution in [0, 0.1) is 13.8 Å². The van der Waals surface area contributed by atoms with Gasteiger partial charge in [0.2, 0.25) is 5.16 Å². The highest BCUT2D eigenvalue weighted by atomic mass is 32.2. The second-order valence-corrected chi connectivity index (χ2v) is 7.74. The maximum absolute atomic E-state index is 12.3. The highest BCUT2D eigenvalue weighted by Gasteiger charge is 2.26. The standard InChI is InChI=1S/C18H25N5O4S/c1-10-7-22(8-11(2)27-10)15(24)9-26-16(25)6-14-12(3)19-17-20-18(28-5)21-23(17)13(14)4/h10-11H,6-9H2,1-5H3/t10-,11-/m0/s1. The molecule has 3 rings (SSSR count). The van der Waals surface area contributed by atoms with Crippen molar-refractivity contribution >= 4 is 29.4 Å². The van der Waals surface area contributed by atoms with E-state index in [0.29, 0.717) is 29.7 Å². The highest BCUT2D eigenvalue weighted by molar-refractivity contribution is 7.98. The van der Waals surface area contributed by atoms with Gasteiger partial charge in [-0.2, -0.15) is 4.98 Å². The molecule has 1 aliphatic heterocycles. The third-order valence-electron chi connectivity index (χ3n) is 4.66. The van der Waals surface area contributed by atoms with Crippen LogP contribution in [-0.4, -0.2) is 74.5 Å². The van der Waals surface area contributed by atoms with Crippen molar-refractivity contribution in [3.8, 4) is 0 Å². The molecule has 3 heterocycles. The maximum atomic E-state index is 12.3. The van der Waals surface area contributed by atoms with Crippen molar-refractivity contribution in [1.29, 1.82) is 0 Å². The SMILES string of the molecule is CSc1nc2nc(C)c(CC(=O)OCC(=O)N3C[C@H](C)O[C@@H](C)C3)c(C)n2n1. The smallest absolute Gasteiger partial charge is 0.310 e. The van der Waals surface area contributed by atoms with Gasteiger partial charge < -0.3 is 14.4 Å². The summed E-state index contributed by atoms with van der Waals surface area (Å²) in [6.45, 7) is 8.27. The molecule has 1 fully saturated rings. The Labute approximate surface area is 167 Å². The zero-order chi connectivity index (χ0) is 20.4. The molecule has 28 heavy (non-hydrogen) atoms. The van der Waals surface area contributed by atoms with E-state index in [0.717, 1.165) is 11.3 Å². The first-order valence-electron chi connectivity index (χ1n) is 9.14. The van der Waals surface area contributed by atoms with Gasteiger partial charge in [0.15, 0.2) is 6.61 Å². The molecule has 1 saturated heterocycles. The lowest BCUT2D eigenvalue weighted by atomic mass is 10.1. The van der Waals surface area contributed by atoms with E-state index in [4.69, 9.17) is 9.47 Å². The molecular weight excluding hydrogens is 382 g/mol. The number of carbonyl (C=O) groups excluding carboxylic acids is 2. The van der Waals surface area contributed by atoms with Crippen LogP contribution in [0.2, 0.25) is 0 Å². The van der Waals surface area contributed by atoms with Gasteiger partial charge in [0.25, 0.3) is 11.7 Å². The van der Waals surface area contributed by atoms with E-state index in [1.807, 2.05) is 34.0 Å². The lowest BCUT2D eigenvalue weighted by molar-refractivity contribution is -0.156. The fourth-order valence-electron chi connectivity index (χ4n) is 3.34. The number of aromatic nitrogens is 4. The fourth-order valence-corrected chi connectivity index (χ4v) is 3.68. The molecule has 10 heteroatoms. The van der Waals surface area contributed by atoms with E-state index in [9.17, 15) is 9.59 Å². The summed E-state index contributed by atoms with van der Waals surface area (Å²) in [7, 11) is 0. The lowest BCUT2D eigenvalue weighted by Crippen LogP contribution is -2.49. The Morgan fingerprint density at radius 3 is 2.54 bits per heavy atom. The van der Waals surface area contributed by atoms with E-state index in [-0.39, 0.29) is 31.1 Å². The Balaban J connectivity index is 1.64. The van der Waals surface area contributed by atoms with Gasteiger partial charge in [0.05, 0.1) is 18.6 Å². The molecule has 0 saturated carbocycles. The van der Waals surface area contributed by atoms with Crippen LogP contribution >= 0.6 is 11.8 Å². The molecule has 2 aromatic rings. The average molecular weight is 407 g/mol. The predicted octanol–water partition coefficient (Wildman–Crippen LogP) is 1.18. The molecular formula is C18H25N5O4S. The van der Waals surface area contributed by atoms with Crippen LogP contribution in [-0.2, 0) is 25.5 Å². The second kappa shape index (κ2) is 8.44. The molecule has 0 aromatic carbocycles. The van der Waals surface area contributed by atoms with Crippen LogP contribution in [0.5, 0.6) is 0 Å². The molecule has 1 aliphatic rings. The summed E-state index contributed by atoms with van der Waals surface area (Å²) in [5, 5.41) is 4.99. The number of morpholine rings is 1. The van der Waals surface area contributed by atoms with Crippen molar-refractivity contribution in [2.75, 3.05) is 26.0 Å². The van der Waals surface area contributed by atoms with Gasteiger partial charge in [-0.15, -0.1) is 5.10 Å². The Kier molecular flexibility index (Phi) is 6.19. The molecule has 0 bridgehead atoms. The van der Waals surface area contributed by atoms with Crippen molar-refractivity contribution < 1.29 is 19.1 Å². The monoisotopic (exact) mass is 407 g/mol. The van der Waals surface area contributed by atoms with Crippen LogP contribution in [0.15, 0.2) is 5.16 Å². The van der Waals surface area contributed by atoms with Gasteiger partial charge in [-0.25, -0.2) is 9.50 Å². The van der Waals surface area contributed by atoms with Crippen molar-refractivity contribution in [2.45, 2.75) is 51.5 Å². The average Bonchev–Trinajstić information content (AvgIpc) is 3.05. The summed E-state index contributed by atoms with van der Waals surface area (Å²) in [6.07, 6.45) is 1.86. The normalized spacial score (nSPS) is 19.8. The Morgan fingerprint density at radius 2 is 1.89 bits per heavy atom. The number of esters is 1. The molecule has 0 N–H and O–H groups in total. The van der Waals surface area contributed by atoms with Crippen LogP contribution in [0.25, 0.3) is 5.78 Å². The summed E-state index contributed by atoms with van der Waals surface area (Å²) < 4.78 is 12.5. The Morgan fingerprint density at radius 1 is 1.21 bits per heavy atom. The molecule has 0 radical (unpaired) electrons. The zero-order valence-corrected chi connectivity index (χ0v) is 17.6. The van der Waals surface area contributed by atoms with Crippen molar-refractivity contribution in [1.82, 2.24) is 24.5 Å². The number of aryl methyl sites for hydroxylation is 2. The molecule has 9 nitrogen and oxygen atoms in total. The van der Waals surface area contributed by atoms with Crippen molar-refractivity contribution in [3.63, 3.8) is 0 Å². The number of amides is 1. The lowest BCUT2D eigenvalue weighted by Gasteiger charge is -2.35. The van der Waals surface area contributed by atoms with Gasteiger partial charge in [0, 0.05) is 30.0 Å². The molecule has 0 spiro atoms. The van der Waals surface area contributed by atoms with Gasteiger partial charge in [-0.3, -0.25) is 9.59 Å². The van der Waals surface area contributed by atoms with Crippen LogP contribution in [0.1, 0.15) is 30.8 Å². The Hall–Kier alpha value is -2.20. The number of hydrogen-bond acceptors (Lipinski definition) is 8. The quantitative estimate of drug-likeness (QED) is 0.538. The molecule has 2 atom stereocenters. The number of thioether (sulfide) groups is 1. The predicted molar refractivity (Wildman–Crippen MR) is 103 cm³/mol. The first kappa shape index (κ1) is 20.5. The van der Waals surface area contributed by atoms with Crippen molar-refractivity contribution in [3.05, 3.63) is 17.0 Å². The third kappa shape index (κ3) is 4.44. The molecule has 1 amide bonds. The largest absolute Gasteiger partial charge is 0.455 e. The minimum atomic E-state index is -0.472. The number of hydrogen-bond donors (Lipinski definition) is 0. The van der Waals surface area contributed by atoms with E-state index >= 15 is 0 Å². The summed E-state index contributed by atoms with van der Waals surface area (Å²) in [6, 6.07) is 0. The maximum Gasteiger partial charge on any atom is 0.310 e. The topological polar surface area (TPSA) is 98.9 Å². The minimum Gasteiger partial charge on any atom is -0.455 e. The summed E-state index contributed by atoms with van der Waals surface area (Å²) in [4.78, 5) is 35.1. The van der Waals surface area contributed by atoms with E-state index in [2.05, 4.69) is 15.1 Å². The van der Waals surface area contributed by atoms with Gasteiger partial charge in [0.1, 0.15) is 0 Å². The minimum absolute atomic E-state index is 0.0261. The molecule has 0 unspecified atom stereocenters. The van der Waals surface area contributed by atoms with Gasteiger partial charge >= 0.3 is 5.97 Å². The number of carbonyl (C=O) groups is 2. The summed E-state index contributed by atoms with van der Waals surface area (Å²) >= 11 is 1.43. The van der Waals surface area contributed by atoms with Crippen LogP contribution < -0.4 is 0 Å². The number of rotatable bonds is 5. The number of fused-ring (bicyclic) bond motifs is 1. The summed E-state index contributed by atoms with van der Waals surface area (Å²) in [5.41, 5.74) is 2.22. The van der Waals surface area contributed by atoms with Gasteiger partial charge in [-0.05, 0) is 34.0 Å². The van der Waals surface area contributed by atoms with Crippen LogP contribution in [0.4, 0.5) is 0 Å². The molecule has 0 aliphatic carbocycles. The van der Waals surface area contributed by atoms with Crippen molar-refractivity contribution in [2.24, 2.45) is 0 Å². The number of ether oxygens (including phenoxy) is 2. The first-order valence-corrected chi connectivity index (χ1v) is 10.4. The number of nitrogens with zero attached hydrogens (tertiary/aromatic N) is 5. The van der Waals surface area contributed by atoms with E-state index in [1.165, 1.54) is 11.8 Å². The fraction of sp³-hybridized carbons (Fsp3) is 0.611.